The topological polar surface area (TPSA) is 62.7 Å². The number of rotatable bonds is 7. The molecule has 2 N–H and O–H groups in total. The number of methoxy groups -OCH3 is 1. The van der Waals surface area contributed by atoms with Crippen molar-refractivity contribution in [2.45, 2.75) is 26.8 Å². The first-order valence-corrected chi connectivity index (χ1v) is 9.24. The van der Waals surface area contributed by atoms with Crippen molar-refractivity contribution < 1.29 is 9.53 Å². The zero-order valence-corrected chi connectivity index (χ0v) is 15.8. The number of guanidine groups is 1. The predicted molar refractivity (Wildman–Crippen MR) is 103 cm³/mol. The fourth-order valence-corrected chi connectivity index (χ4v) is 3.14. The molecule has 0 bridgehead atoms. The van der Waals surface area contributed by atoms with Gasteiger partial charge in [0.25, 0.3) is 0 Å². The maximum absolute atomic E-state index is 11.4. The molecule has 0 aliphatic heterocycles. The average Bonchev–Trinajstić information content (AvgIpc) is 3.04. The molecule has 0 amide bonds. The van der Waals surface area contributed by atoms with Crippen molar-refractivity contribution in [1.29, 1.82) is 0 Å². The number of ether oxygens (including phenoxy) is 1. The molecule has 0 radical (unpaired) electrons. The molecular weight excluding hydrogens is 334 g/mol. The quantitative estimate of drug-likeness (QED) is 0.453. The van der Waals surface area contributed by atoms with Gasteiger partial charge in [0.05, 0.1) is 19.2 Å². The van der Waals surface area contributed by atoms with Crippen LogP contribution in [0.2, 0.25) is 0 Å². The van der Waals surface area contributed by atoms with Crippen LogP contribution < -0.4 is 10.6 Å². The molecule has 1 aromatic heterocycles. The van der Waals surface area contributed by atoms with Crippen LogP contribution in [0.5, 0.6) is 0 Å². The molecule has 1 heterocycles. The van der Waals surface area contributed by atoms with Crippen LogP contribution in [0.4, 0.5) is 0 Å². The van der Waals surface area contributed by atoms with Gasteiger partial charge in [-0.3, -0.25) is 0 Å². The summed E-state index contributed by atoms with van der Waals surface area (Å²) in [7, 11) is 1.39. The van der Waals surface area contributed by atoms with Gasteiger partial charge in [0.15, 0.2) is 5.96 Å². The van der Waals surface area contributed by atoms with E-state index in [-0.39, 0.29) is 5.97 Å². The first kappa shape index (κ1) is 19.0. The van der Waals surface area contributed by atoms with Crippen molar-refractivity contribution in [2.75, 3.05) is 20.2 Å². The van der Waals surface area contributed by atoms with Crippen LogP contribution >= 0.6 is 11.3 Å². The van der Waals surface area contributed by atoms with E-state index in [1.165, 1.54) is 17.6 Å². The monoisotopic (exact) mass is 359 g/mol. The molecule has 0 saturated carbocycles. The first-order valence-electron chi connectivity index (χ1n) is 8.36. The van der Waals surface area contributed by atoms with Crippen molar-refractivity contribution in [3.63, 3.8) is 0 Å². The van der Waals surface area contributed by atoms with Crippen molar-refractivity contribution in [1.82, 2.24) is 10.6 Å². The standard InChI is InChI=1S/C19H25N3O2S/c1-4-20-19(22-13-17-14(2)10-12-25-17)21-11-9-15-5-7-16(8-6-15)18(23)24-3/h5-8,10,12H,4,9,11,13H2,1-3H3,(H2,20,21,22). The van der Waals surface area contributed by atoms with Gasteiger partial charge >= 0.3 is 5.97 Å². The molecule has 0 unspecified atom stereocenters. The summed E-state index contributed by atoms with van der Waals surface area (Å²) in [6.45, 7) is 6.45. The van der Waals surface area contributed by atoms with Crippen LogP contribution in [0.15, 0.2) is 40.7 Å². The lowest BCUT2D eigenvalue weighted by molar-refractivity contribution is 0.0600. The highest BCUT2D eigenvalue weighted by molar-refractivity contribution is 7.10. The van der Waals surface area contributed by atoms with Gasteiger partial charge in [-0.25, -0.2) is 9.79 Å². The fourth-order valence-electron chi connectivity index (χ4n) is 2.31. The molecule has 134 valence electrons. The number of hydrogen-bond acceptors (Lipinski definition) is 4. The van der Waals surface area contributed by atoms with Crippen LogP contribution in [0.1, 0.15) is 33.3 Å². The summed E-state index contributed by atoms with van der Waals surface area (Å²) in [5, 5.41) is 8.71. The van der Waals surface area contributed by atoms with Crippen LogP contribution in [-0.2, 0) is 17.7 Å². The maximum Gasteiger partial charge on any atom is 0.337 e. The number of benzene rings is 1. The fraction of sp³-hybridized carbons (Fsp3) is 0.368. The second-order valence-electron chi connectivity index (χ2n) is 5.59. The summed E-state index contributed by atoms with van der Waals surface area (Å²) < 4.78 is 4.71. The Bertz CT molecular complexity index is 708. The molecule has 5 nitrogen and oxygen atoms in total. The zero-order valence-electron chi connectivity index (χ0n) is 15.0. The normalized spacial score (nSPS) is 11.2. The number of esters is 1. The average molecular weight is 359 g/mol. The Kier molecular flexibility index (Phi) is 7.47. The summed E-state index contributed by atoms with van der Waals surface area (Å²) in [5.41, 5.74) is 3.01. The number of nitrogens with zero attached hydrogens (tertiary/aromatic N) is 1. The molecular formula is C19H25N3O2S. The number of nitrogens with one attached hydrogen (secondary N) is 2. The van der Waals surface area contributed by atoms with Gasteiger partial charge in [-0.05, 0) is 55.0 Å². The minimum atomic E-state index is -0.310. The highest BCUT2D eigenvalue weighted by atomic mass is 32.1. The van der Waals surface area contributed by atoms with Crippen LogP contribution in [-0.4, -0.2) is 32.1 Å². The minimum Gasteiger partial charge on any atom is -0.465 e. The van der Waals surface area contributed by atoms with E-state index in [1.54, 1.807) is 23.5 Å². The summed E-state index contributed by atoms with van der Waals surface area (Å²) in [6.07, 6.45) is 0.851. The van der Waals surface area contributed by atoms with Gasteiger partial charge in [0.2, 0.25) is 0 Å². The number of thiophene rings is 1. The van der Waals surface area contributed by atoms with Gasteiger partial charge in [-0.15, -0.1) is 11.3 Å². The van der Waals surface area contributed by atoms with E-state index in [0.717, 1.165) is 31.0 Å². The van der Waals surface area contributed by atoms with E-state index in [4.69, 9.17) is 4.74 Å². The number of hydrogen-bond donors (Lipinski definition) is 2. The van der Waals surface area contributed by atoms with Gasteiger partial charge in [-0.2, -0.15) is 0 Å². The van der Waals surface area contributed by atoms with E-state index < -0.39 is 0 Å². The zero-order chi connectivity index (χ0) is 18.1. The molecule has 0 aliphatic carbocycles. The van der Waals surface area contributed by atoms with Crippen molar-refractivity contribution in [3.05, 3.63) is 57.3 Å². The minimum absolute atomic E-state index is 0.310. The lowest BCUT2D eigenvalue weighted by Gasteiger charge is -2.11. The SMILES string of the molecule is CCNC(=NCc1sccc1C)NCCc1ccc(C(=O)OC)cc1. The lowest BCUT2D eigenvalue weighted by atomic mass is 10.1. The van der Waals surface area contributed by atoms with Crippen molar-refractivity contribution in [3.8, 4) is 0 Å². The molecule has 0 aliphatic rings. The van der Waals surface area contributed by atoms with Gasteiger partial charge in [-0.1, -0.05) is 12.1 Å². The van der Waals surface area contributed by atoms with Crippen LogP contribution in [0, 0.1) is 6.92 Å². The molecule has 1 aromatic carbocycles. The Morgan fingerprint density at radius 1 is 1.20 bits per heavy atom. The largest absolute Gasteiger partial charge is 0.465 e. The van der Waals surface area contributed by atoms with Crippen LogP contribution in [0.3, 0.4) is 0 Å². The smallest absolute Gasteiger partial charge is 0.337 e. The second-order valence-corrected chi connectivity index (χ2v) is 6.59. The first-order chi connectivity index (χ1) is 12.1. The van der Waals surface area contributed by atoms with E-state index in [1.807, 2.05) is 12.1 Å². The Morgan fingerprint density at radius 3 is 2.56 bits per heavy atom. The van der Waals surface area contributed by atoms with Crippen molar-refractivity contribution >= 4 is 23.3 Å². The predicted octanol–water partition coefficient (Wildman–Crippen LogP) is 3.14. The third kappa shape index (κ3) is 5.90. The summed E-state index contributed by atoms with van der Waals surface area (Å²) in [4.78, 5) is 17.4. The summed E-state index contributed by atoms with van der Waals surface area (Å²) in [5.74, 6) is 0.511. The Balaban J connectivity index is 1.86. The number of aliphatic imine (C=N–C) groups is 1. The molecule has 0 atom stereocenters. The van der Waals surface area contributed by atoms with E-state index >= 15 is 0 Å². The second kappa shape index (κ2) is 9.84. The van der Waals surface area contributed by atoms with Gasteiger partial charge < -0.3 is 15.4 Å². The van der Waals surface area contributed by atoms with Crippen LogP contribution in [0.25, 0.3) is 0 Å². The summed E-state index contributed by atoms with van der Waals surface area (Å²) >= 11 is 1.74. The van der Waals surface area contributed by atoms with E-state index in [0.29, 0.717) is 12.1 Å². The van der Waals surface area contributed by atoms with Crippen molar-refractivity contribution in [2.24, 2.45) is 4.99 Å². The van der Waals surface area contributed by atoms with Gasteiger partial charge in [0.1, 0.15) is 0 Å². The Hall–Kier alpha value is -2.34. The molecule has 25 heavy (non-hydrogen) atoms. The Morgan fingerprint density at radius 2 is 1.96 bits per heavy atom. The third-order valence-corrected chi connectivity index (χ3v) is 4.78. The Labute approximate surface area is 153 Å². The highest BCUT2D eigenvalue weighted by Crippen LogP contribution is 2.16. The molecule has 0 saturated heterocycles. The van der Waals surface area contributed by atoms with E-state index in [9.17, 15) is 4.79 Å². The lowest BCUT2D eigenvalue weighted by Crippen LogP contribution is -2.38. The molecule has 0 spiro atoms. The molecule has 2 aromatic rings. The molecule has 6 heteroatoms. The number of aryl methyl sites for hydroxylation is 1. The highest BCUT2D eigenvalue weighted by Gasteiger charge is 2.05. The molecule has 0 fully saturated rings. The van der Waals surface area contributed by atoms with Gasteiger partial charge in [0, 0.05) is 18.0 Å². The maximum atomic E-state index is 11.4. The number of carbonyl (C=O) groups is 1. The third-order valence-electron chi connectivity index (χ3n) is 3.77. The summed E-state index contributed by atoms with van der Waals surface area (Å²) in [6, 6.07) is 9.61. The van der Waals surface area contributed by atoms with E-state index in [2.05, 4.69) is 40.9 Å². The molecule has 2 rings (SSSR count). The number of carbonyl (C=O) groups excluding carboxylic acids is 1.